The number of nitrogens with zero attached hydrogens (tertiary/aromatic N) is 2. The van der Waals surface area contributed by atoms with Gasteiger partial charge in [-0.25, -0.2) is 4.98 Å². The van der Waals surface area contributed by atoms with Crippen molar-refractivity contribution in [3.8, 4) is 0 Å². The first-order valence-electron chi connectivity index (χ1n) is 5.33. The normalized spacial score (nSPS) is 12.9. The zero-order valence-corrected chi connectivity index (χ0v) is 9.74. The molecule has 2 N–H and O–H groups in total. The lowest BCUT2D eigenvalue weighted by Crippen LogP contribution is -2.18. The van der Waals surface area contributed by atoms with Gasteiger partial charge < -0.3 is 9.73 Å². The second-order valence-electron chi connectivity index (χ2n) is 3.89. The summed E-state index contributed by atoms with van der Waals surface area (Å²) in [6.07, 6.45) is 0. The lowest BCUT2D eigenvalue weighted by molar-refractivity contribution is 0.413. The van der Waals surface area contributed by atoms with Crippen molar-refractivity contribution in [2.45, 2.75) is 33.4 Å². The summed E-state index contributed by atoms with van der Waals surface area (Å²) in [4.78, 5) is 4.22. The van der Waals surface area contributed by atoms with Gasteiger partial charge in [-0.15, -0.1) is 0 Å². The minimum atomic E-state index is 0.160. The van der Waals surface area contributed by atoms with Crippen molar-refractivity contribution in [2.75, 3.05) is 0 Å². The van der Waals surface area contributed by atoms with E-state index in [4.69, 9.17) is 4.42 Å². The number of aromatic nitrogens is 3. The largest absolute Gasteiger partial charge is 0.465 e. The molecule has 2 heterocycles. The lowest BCUT2D eigenvalue weighted by Gasteiger charge is -2.08. The molecular weight excluding hydrogens is 204 g/mol. The fraction of sp³-hybridized carbons (Fsp3) is 0.455. The van der Waals surface area contributed by atoms with Gasteiger partial charge in [-0.05, 0) is 32.9 Å². The zero-order valence-electron chi connectivity index (χ0n) is 9.74. The predicted octanol–water partition coefficient (Wildman–Crippen LogP) is 1.87. The highest BCUT2D eigenvalue weighted by atomic mass is 16.3. The van der Waals surface area contributed by atoms with Crippen LogP contribution in [0, 0.1) is 13.8 Å². The van der Waals surface area contributed by atoms with Crippen LogP contribution in [0.5, 0.6) is 0 Å². The Kier molecular flexibility index (Phi) is 3.05. The highest BCUT2D eigenvalue weighted by molar-refractivity contribution is 5.09. The molecule has 1 atom stereocenters. The fourth-order valence-electron chi connectivity index (χ4n) is 1.50. The zero-order chi connectivity index (χ0) is 11.5. The molecule has 0 spiro atoms. The number of H-pyrrole nitrogens is 1. The Bertz CT molecular complexity index is 460. The molecular formula is C11H16N4O. The number of rotatable bonds is 4. The topological polar surface area (TPSA) is 66.7 Å². The SMILES string of the molecule is Cc1nc(CNC(C)c2ccc(C)o2)n[nH]1. The molecule has 1 unspecified atom stereocenters. The van der Waals surface area contributed by atoms with Gasteiger partial charge in [0.15, 0.2) is 5.82 Å². The maximum Gasteiger partial charge on any atom is 0.164 e. The molecule has 0 saturated carbocycles. The van der Waals surface area contributed by atoms with Gasteiger partial charge in [0, 0.05) is 0 Å². The second kappa shape index (κ2) is 4.49. The second-order valence-corrected chi connectivity index (χ2v) is 3.89. The molecule has 86 valence electrons. The quantitative estimate of drug-likeness (QED) is 0.825. The Morgan fingerprint density at radius 3 is 2.81 bits per heavy atom. The third kappa shape index (κ3) is 2.49. The Balaban J connectivity index is 1.91. The molecule has 0 aliphatic heterocycles. The predicted molar refractivity (Wildman–Crippen MR) is 59.8 cm³/mol. The van der Waals surface area contributed by atoms with Gasteiger partial charge in [-0.3, -0.25) is 5.10 Å². The van der Waals surface area contributed by atoms with Crippen molar-refractivity contribution in [1.29, 1.82) is 0 Å². The summed E-state index contributed by atoms with van der Waals surface area (Å²) < 4.78 is 5.53. The molecule has 0 fully saturated rings. The van der Waals surface area contributed by atoms with E-state index in [1.54, 1.807) is 0 Å². The van der Waals surface area contributed by atoms with E-state index in [1.807, 2.05) is 26.0 Å². The van der Waals surface area contributed by atoms with Crippen LogP contribution >= 0.6 is 0 Å². The molecule has 0 aromatic carbocycles. The van der Waals surface area contributed by atoms with Gasteiger partial charge in [0.1, 0.15) is 17.3 Å². The van der Waals surface area contributed by atoms with Gasteiger partial charge in [-0.2, -0.15) is 5.10 Å². The number of nitrogens with one attached hydrogen (secondary N) is 2. The molecule has 2 aromatic rings. The number of furan rings is 1. The van der Waals surface area contributed by atoms with Crippen LogP contribution in [0.3, 0.4) is 0 Å². The highest BCUT2D eigenvalue weighted by Crippen LogP contribution is 2.15. The van der Waals surface area contributed by atoms with Crippen molar-refractivity contribution in [2.24, 2.45) is 0 Å². The van der Waals surface area contributed by atoms with Crippen molar-refractivity contribution in [1.82, 2.24) is 20.5 Å². The third-order valence-corrected chi connectivity index (χ3v) is 2.40. The minimum absolute atomic E-state index is 0.160. The van der Waals surface area contributed by atoms with Crippen molar-refractivity contribution < 1.29 is 4.42 Å². The molecule has 5 heteroatoms. The van der Waals surface area contributed by atoms with Crippen molar-refractivity contribution in [3.63, 3.8) is 0 Å². The monoisotopic (exact) mass is 220 g/mol. The van der Waals surface area contributed by atoms with Crippen LogP contribution in [-0.2, 0) is 6.54 Å². The van der Waals surface area contributed by atoms with E-state index in [0.717, 1.165) is 23.2 Å². The molecule has 0 amide bonds. The molecule has 0 saturated heterocycles. The first-order valence-corrected chi connectivity index (χ1v) is 5.33. The van der Waals surface area contributed by atoms with Gasteiger partial charge in [0.25, 0.3) is 0 Å². The van der Waals surface area contributed by atoms with Crippen LogP contribution in [0.4, 0.5) is 0 Å². The van der Waals surface area contributed by atoms with Gasteiger partial charge in [0.05, 0.1) is 12.6 Å². The molecule has 0 bridgehead atoms. The van der Waals surface area contributed by atoms with Gasteiger partial charge in [-0.1, -0.05) is 0 Å². The van der Waals surface area contributed by atoms with Crippen LogP contribution in [-0.4, -0.2) is 15.2 Å². The summed E-state index contributed by atoms with van der Waals surface area (Å²) in [5, 5.41) is 10.2. The van der Waals surface area contributed by atoms with E-state index in [2.05, 4.69) is 27.4 Å². The molecule has 2 aromatic heterocycles. The van der Waals surface area contributed by atoms with E-state index < -0.39 is 0 Å². The van der Waals surface area contributed by atoms with Crippen LogP contribution in [0.2, 0.25) is 0 Å². The number of aromatic amines is 1. The summed E-state index contributed by atoms with van der Waals surface area (Å²) in [5.74, 6) is 3.47. The molecule has 5 nitrogen and oxygen atoms in total. The molecule has 0 aliphatic rings. The Labute approximate surface area is 94.3 Å². The van der Waals surface area contributed by atoms with Gasteiger partial charge in [0.2, 0.25) is 0 Å². The van der Waals surface area contributed by atoms with Crippen LogP contribution in [0.15, 0.2) is 16.5 Å². The standard InChI is InChI=1S/C11H16N4O/c1-7-4-5-10(16-7)8(2)12-6-11-13-9(3)14-15-11/h4-5,8,12H,6H2,1-3H3,(H,13,14,15). The minimum Gasteiger partial charge on any atom is -0.465 e. The Hall–Kier alpha value is -1.62. The van der Waals surface area contributed by atoms with Gasteiger partial charge >= 0.3 is 0 Å². The van der Waals surface area contributed by atoms with Crippen LogP contribution < -0.4 is 5.32 Å². The van der Waals surface area contributed by atoms with E-state index in [-0.39, 0.29) is 6.04 Å². The fourth-order valence-corrected chi connectivity index (χ4v) is 1.50. The number of aryl methyl sites for hydroxylation is 2. The summed E-state index contributed by atoms with van der Waals surface area (Å²) >= 11 is 0. The molecule has 0 radical (unpaired) electrons. The van der Waals surface area contributed by atoms with E-state index in [9.17, 15) is 0 Å². The Morgan fingerprint density at radius 2 is 2.25 bits per heavy atom. The van der Waals surface area contributed by atoms with Crippen LogP contribution in [0.1, 0.15) is 36.1 Å². The average molecular weight is 220 g/mol. The smallest absolute Gasteiger partial charge is 0.164 e. The number of hydrogen-bond donors (Lipinski definition) is 2. The van der Waals surface area contributed by atoms with Crippen molar-refractivity contribution in [3.05, 3.63) is 35.3 Å². The number of hydrogen-bond acceptors (Lipinski definition) is 4. The van der Waals surface area contributed by atoms with E-state index >= 15 is 0 Å². The Morgan fingerprint density at radius 1 is 1.44 bits per heavy atom. The van der Waals surface area contributed by atoms with E-state index in [0.29, 0.717) is 6.54 Å². The molecule has 16 heavy (non-hydrogen) atoms. The maximum absolute atomic E-state index is 5.53. The average Bonchev–Trinajstić information content (AvgIpc) is 2.84. The summed E-state index contributed by atoms with van der Waals surface area (Å²) in [7, 11) is 0. The first-order chi connectivity index (χ1) is 7.65. The lowest BCUT2D eigenvalue weighted by atomic mass is 10.2. The summed E-state index contributed by atoms with van der Waals surface area (Å²) in [6, 6.07) is 4.10. The molecule has 2 rings (SSSR count). The van der Waals surface area contributed by atoms with Crippen molar-refractivity contribution >= 4 is 0 Å². The van der Waals surface area contributed by atoms with E-state index in [1.165, 1.54) is 0 Å². The highest BCUT2D eigenvalue weighted by Gasteiger charge is 2.09. The maximum atomic E-state index is 5.53. The van der Waals surface area contributed by atoms with Crippen LogP contribution in [0.25, 0.3) is 0 Å². The summed E-state index contributed by atoms with van der Waals surface area (Å²) in [5.41, 5.74) is 0. The first kappa shape index (κ1) is 10.9. The summed E-state index contributed by atoms with van der Waals surface area (Å²) in [6.45, 7) is 6.51. The molecule has 0 aliphatic carbocycles. The third-order valence-electron chi connectivity index (χ3n) is 2.40.